The van der Waals surface area contributed by atoms with Crippen LogP contribution in [0, 0.1) is 5.82 Å². The Hall–Kier alpha value is -0.890. The lowest BCUT2D eigenvalue weighted by Gasteiger charge is -2.24. The zero-order valence-electron chi connectivity index (χ0n) is 8.33. The van der Waals surface area contributed by atoms with Crippen LogP contribution in [-0.2, 0) is 5.41 Å². The van der Waals surface area contributed by atoms with Gasteiger partial charge in [-0.25, -0.2) is 4.39 Å². The molecule has 0 aliphatic heterocycles. The first-order valence-electron chi connectivity index (χ1n) is 5.04. The van der Waals surface area contributed by atoms with Gasteiger partial charge in [-0.3, -0.25) is 0 Å². The summed E-state index contributed by atoms with van der Waals surface area (Å²) in [5.41, 5.74) is 0.968. The highest BCUT2D eigenvalue weighted by Crippen LogP contribution is 2.40. The van der Waals surface area contributed by atoms with Crippen molar-refractivity contribution in [1.29, 1.82) is 0 Å². The third-order valence-corrected chi connectivity index (χ3v) is 3.24. The molecule has 1 aromatic carbocycles. The molecule has 76 valence electrons. The van der Waals surface area contributed by atoms with Crippen LogP contribution in [0.1, 0.15) is 31.7 Å². The van der Waals surface area contributed by atoms with Crippen LogP contribution in [0.5, 0.6) is 0 Å². The number of benzene rings is 1. The van der Waals surface area contributed by atoms with E-state index in [1.807, 2.05) is 6.07 Å². The van der Waals surface area contributed by atoms with Crippen LogP contribution in [0.2, 0.25) is 0 Å². The summed E-state index contributed by atoms with van der Waals surface area (Å²) in [6, 6.07) is 6.72. The molecule has 1 aromatic rings. The molecule has 2 rings (SSSR count). The molecule has 14 heavy (non-hydrogen) atoms. The van der Waals surface area contributed by atoms with Gasteiger partial charge in [-0.2, -0.15) is 0 Å². The van der Waals surface area contributed by atoms with Crippen molar-refractivity contribution in [2.24, 2.45) is 0 Å². The van der Waals surface area contributed by atoms with Crippen molar-refractivity contribution in [3.05, 3.63) is 35.6 Å². The lowest BCUT2D eigenvalue weighted by molar-refractivity contribution is 0.175. The van der Waals surface area contributed by atoms with E-state index in [9.17, 15) is 9.50 Å². The van der Waals surface area contributed by atoms with Gasteiger partial charge in [-0.15, -0.1) is 0 Å². The highest BCUT2D eigenvalue weighted by Gasteiger charge is 2.35. The summed E-state index contributed by atoms with van der Waals surface area (Å²) in [6.45, 7) is 2.10. The number of aliphatic hydroxyl groups is 1. The maximum atomic E-state index is 13.0. The van der Waals surface area contributed by atoms with Crippen molar-refractivity contribution < 1.29 is 9.50 Å². The second-order valence-corrected chi connectivity index (χ2v) is 4.47. The van der Waals surface area contributed by atoms with Crippen LogP contribution in [-0.4, -0.2) is 11.2 Å². The quantitative estimate of drug-likeness (QED) is 0.728. The number of halogens is 1. The fourth-order valence-electron chi connectivity index (χ4n) is 2.34. The average molecular weight is 194 g/mol. The maximum Gasteiger partial charge on any atom is 0.123 e. The van der Waals surface area contributed by atoms with E-state index in [1.54, 1.807) is 12.1 Å². The monoisotopic (exact) mass is 194 g/mol. The van der Waals surface area contributed by atoms with Crippen molar-refractivity contribution in [3.8, 4) is 0 Å². The van der Waals surface area contributed by atoms with Crippen molar-refractivity contribution in [1.82, 2.24) is 0 Å². The lowest BCUT2D eigenvalue weighted by Crippen LogP contribution is -2.18. The van der Waals surface area contributed by atoms with E-state index in [-0.39, 0.29) is 17.3 Å². The number of aliphatic hydroxyl groups excluding tert-OH is 1. The molecule has 0 spiro atoms. The molecule has 0 saturated heterocycles. The minimum atomic E-state index is -0.219. The molecule has 1 aliphatic rings. The van der Waals surface area contributed by atoms with Crippen LogP contribution >= 0.6 is 0 Å². The molecule has 2 heteroatoms. The zero-order valence-corrected chi connectivity index (χ0v) is 8.33. The predicted octanol–water partition coefficient (Wildman–Crippen LogP) is 2.63. The summed E-state index contributed by atoms with van der Waals surface area (Å²) in [5.74, 6) is -0.190. The Labute approximate surface area is 83.6 Å². The maximum absolute atomic E-state index is 13.0. The molecule has 0 aromatic heterocycles. The first-order chi connectivity index (χ1) is 6.60. The van der Waals surface area contributed by atoms with Crippen LogP contribution in [0.25, 0.3) is 0 Å². The molecular formula is C12H15FO. The Morgan fingerprint density at radius 3 is 2.86 bits per heavy atom. The van der Waals surface area contributed by atoms with Gasteiger partial charge in [0.25, 0.3) is 0 Å². The SMILES string of the molecule is CC1(c2cccc(F)c2)CCC(O)C1. The molecule has 0 heterocycles. The summed E-state index contributed by atoms with van der Waals surface area (Å²) >= 11 is 0. The van der Waals surface area contributed by atoms with E-state index in [0.29, 0.717) is 0 Å². The van der Waals surface area contributed by atoms with Gasteiger partial charge in [0, 0.05) is 0 Å². The highest BCUT2D eigenvalue weighted by molar-refractivity contribution is 5.26. The molecule has 0 radical (unpaired) electrons. The predicted molar refractivity (Wildman–Crippen MR) is 53.6 cm³/mol. The minimum absolute atomic E-state index is 0.0402. The second-order valence-electron chi connectivity index (χ2n) is 4.47. The summed E-state index contributed by atoms with van der Waals surface area (Å²) in [4.78, 5) is 0. The number of hydrogen-bond acceptors (Lipinski definition) is 1. The molecule has 1 N–H and O–H groups in total. The van der Waals surface area contributed by atoms with Gasteiger partial charge in [0.1, 0.15) is 5.82 Å². The molecule has 2 atom stereocenters. The fourth-order valence-corrected chi connectivity index (χ4v) is 2.34. The second kappa shape index (κ2) is 3.35. The number of hydrogen-bond donors (Lipinski definition) is 1. The van der Waals surface area contributed by atoms with Gasteiger partial charge in [0.15, 0.2) is 0 Å². The Morgan fingerprint density at radius 2 is 2.29 bits per heavy atom. The van der Waals surface area contributed by atoms with Crippen molar-refractivity contribution in [2.75, 3.05) is 0 Å². The first kappa shape index (κ1) is 9.66. The van der Waals surface area contributed by atoms with Gasteiger partial charge in [0.2, 0.25) is 0 Å². The van der Waals surface area contributed by atoms with Gasteiger partial charge < -0.3 is 5.11 Å². The summed E-state index contributed by atoms with van der Waals surface area (Å²) in [6.07, 6.45) is 2.30. The topological polar surface area (TPSA) is 20.2 Å². The van der Waals surface area contributed by atoms with E-state index in [2.05, 4.69) is 6.92 Å². The van der Waals surface area contributed by atoms with Crippen molar-refractivity contribution in [3.63, 3.8) is 0 Å². The summed E-state index contributed by atoms with van der Waals surface area (Å²) in [5, 5.41) is 9.50. The molecule has 1 saturated carbocycles. The average Bonchev–Trinajstić information content (AvgIpc) is 2.48. The van der Waals surface area contributed by atoms with Gasteiger partial charge >= 0.3 is 0 Å². The molecule has 0 amide bonds. The third kappa shape index (κ3) is 1.67. The zero-order chi connectivity index (χ0) is 10.2. The van der Waals surface area contributed by atoms with Crippen LogP contribution < -0.4 is 0 Å². The highest BCUT2D eigenvalue weighted by atomic mass is 19.1. The van der Waals surface area contributed by atoms with E-state index in [0.717, 1.165) is 24.8 Å². The van der Waals surface area contributed by atoms with Gasteiger partial charge in [0.05, 0.1) is 6.10 Å². The van der Waals surface area contributed by atoms with E-state index in [1.165, 1.54) is 6.07 Å². The number of rotatable bonds is 1. The van der Waals surface area contributed by atoms with Crippen LogP contribution in [0.3, 0.4) is 0 Å². The van der Waals surface area contributed by atoms with Crippen LogP contribution in [0.4, 0.5) is 4.39 Å². The molecule has 1 nitrogen and oxygen atoms in total. The summed E-state index contributed by atoms with van der Waals surface area (Å²) < 4.78 is 13.0. The van der Waals surface area contributed by atoms with Crippen molar-refractivity contribution >= 4 is 0 Å². The van der Waals surface area contributed by atoms with Gasteiger partial charge in [-0.1, -0.05) is 19.1 Å². The Balaban J connectivity index is 2.30. The minimum Gasteiger partial charge on any atom is -0.393 e. The molecule has 1 fully saturated rings. The third-order valence-electron chi connectivity index (χ3n) is 3.24. The normalized spacial score (nSPS) is 32.1. The molecule has 1 aliphatic carbocycles. The molecule has 0 bridgehead atoms. The lowest BCUT2D eigenvalue weighted by atomic mass is 9.81. The Kier molecular flexibility index (Phi) is 2.31. The van der Waals surface area contributed by atoms with Gasteiger partial charge in [-0.05, 0) is 42.4 Å². The first-order valence-corrected chi connectivity index (χ1v) is 5.04. The molecule has 2 unspecified atom stereocenters. The van der Waals surface area contributed by atoms with E-state index < -0.39 is 0 Å². The Morgan fingerprint density at radius 1 is 1.50 bits per heavy atom. The van der Waals surface area contributed by atoms with E-state index in [4.69, 9.17) is 0 Å². The Bertz CT molecular complexity index is 337. The summed E-state index contributed by atoms with van der Waals surface area (Å²) in [7, 11) is 0. The smallest absolute Gasteiger partial charge is 0.123 e. The van der Waals surface area contributed by atoms with Crippen molar-refractivity contribution in [2.45, 2.75) is 37.7 Å². The fraction of sp³-hybridized carbons (Fsp3) is 0.500. The molecular weight excluding hydrogens is 179 g/mol. The largest absolute Gasteiger partial charge is 0.393 e. The van der Waals surface area contributed by atoms with E-state index >= 15 is 0 Å². The standard InChI is InChI=1S/C12H15FO/c1-12(6-5-11(14)8-12)9-3-2-4-10(13)7-9/h2-4,7,11,14H,5-6,8H2,1H3. The van der Waals surface area contributed by atoms with Crippen LogP contribution in [0.15, 0.2) is 24.3 Å².